The van der Waals surface area contributed by atoms with Gasteiger partial charge in [-0.15, -0.1) is 0 Å². The molecule has 0 spiro atoms. The predicted molar refractivity (Wildman–Crippen MR) is 73.4 cm³/mol. The van der Waals surface area contributed by atoms with E-state index in [-0.39, 0.29) is 5.71 Å². The number of rotatable bonds is 9. The molecular weight excluding hydrogens is 215 g/mol. The van der Waals surface area contributed by atoms with Crippen molar-refractivity contribution in [3.8, 4) is 0 Å². The molecule has 0 aromatic carbocycles. The van der Waals surface area contributed by atoms with Crippen molar-refractivity contribution in [1.82, 2.24) is 5.32 Å². The second-order valence-corrected chi connectivity index (χ2v) is 4.83. The summed E-state index contributed by atoms with van der Waals surface area (Å²) < 4.78 is 12.3. The van der Waals surface area contributed by atoms with E-state index < -0.39 is 6.67 Å². The van der Waals surface area contributed by atoms with Gasteiger partial charge in [0.15, 0.2) is 0 Å². The average molecular weight is 242 g/mol. The smallest absolute Gasteiger partial charge is 0.131 e. The SMILES string of the molecule is CCCC(CCC)N/C(=C\C(=N)CF)C(C)C. The minimum Gasteiger partial charge on any atom is -0.385 e. The van der Waals surface area contributed by atoms with Gasteiger partial charge in [-0.1, -0.05) is 40.5 Å². The normalized spacial score (nSPS) is 12.3. The Bertz CT molecular complexity index is 241. The molecule has 0 unspecified atom stereocenters. The second kappa shape index (κ2) is 9.20. The van der Waals surface area contributed by atoms with Crippen LogP contribution < -0.4 is 5.32 Å². The molecule has 0 saturated heterocycles. The van der Waals surface area contributed by atoms with Crippen molar-refractivity contribution in [1.29, 1.82) is 5.41 Å². The molecule has 3 heteroatoms. The first-order valence-corrected chi connectivity index (χ1v) is 6.66. The van der Waals surface area contributed by atoms with Crippen LogP contribution in [0.2, 0.25) is 0 Å². The summed E-state index contributed by atoms with van der Waals surface area (Å²) in [6.45, 7) is 7.79. The van der Waals surface area contributed by atoms with Crippen LogP contribution in [0.4, 0.5) is 4.39 Å². The molecule has 0 fully saturated rings. The fourth-order valence-electron chi connectivity index (χ4n) is 1.82. The van der Waals surface area contributed by atoms with Crippen LogP contribution in [0.5, 0.6) is 0 Å². The molecule has 0 amide bonds. The van der Waals surface area contributed by atoms with E-state index in [1.54, 1.807) is 6.08 Å². The summed E-state index contributed by atoms with van der Waals surface area (Å²) in [6, 6.07) is 0.450. The molecule has 2 nitrogen and oxygen atoms in total. The van der Waals surface area contributed by atoms with Crippen LogP contribution in [-0.2, 0) is 0 Å². The third-order valence-electron chi connectivity index (χ3n) is 2.74. The molecule has 0 atom stereocenters. The zero-order valence-corrected chi connectivity index (χ0v) is 11.6. The van der Waals surface area contributed by atoms with Crippen molar-refractivity contribution >= 4 is 5.71 Å². The lowest BCUT2D eigenvalue weighted by Crippen LogP contribution is -2.31. The number of nitrogens with one attached hydrogen (secondary N) is 2. The van der Waals surface area contributed by atoms with Gasteiger partial charge in [0.05, 0.1) is 5.71 Å². The zero-order chi connectivity index (χ0) is 13.3. The van der Waals surface area contributed by atoms with Crippen LogP contribution in [0.25, 0.3) is 0 Å². The standard InChI is InChI=1S/C14H27FN2/c1-5-7-13(8-6-2)17-14(11(3)4)9-12(16)10-15/h9,11,13,16-17H,5-8,10H2,1-4H3/b14-9-,16-12?. The Labute approximate surface area is 105 Å². The Morgan fingerprint density at radius 3 is 2.12 bits per heavy atom. The molecule has 0 bridgehead atoms. The molecular formula is C14H27FN2. The van der Waals surface area contributed by atoms with Gasteiger partial charge >= 0.3 is 0 Å². The molecule has 0 rings (SSSR count). The van der Waals surface area contributed by atoms with Crippen molar-refractivity contribution in [3.63, 3.8) is 0 Å². The van der Waals surface area contributed by atoms with Gasteiger partial charge in [-0.25, -0.2) is 4.39 Å². The number of hydrogen-bond donors (Lipinski definition) is 2. The molecule has 2 N–H and O–H groups in total. The quantitative estimate of drug-likeness (QED) is 0.587. The molecule has 0 aliphatic rings. The van der Waals surface area contributed by atoms with E-state index >= 15 is 0 Å². The van der Waals surface area contributed by atoms with Crippen molar-refractivity contribution in [2.24, 2.45) is 5.92 Å². The highest BCUT2D eigenvalue weighted by Crippen LogP contribution is 2.12. The lowest BCUT2D eigenvalue weighted by atomic mass is 10.0. The van der Waals surface area contributed by atoms with Gasteiger partial charge in [-0.2, -0.15) is 0 Å². The van der Waals surface area contributed by atoms with Gasteiger partial charge in [-0.3, -0.25) is 0 Å². The minimum absolute atomic E-state index is 0.0490. The maximum absolute atomic E-state index is 12.3. The second-order valence-electron chi connectivity index (χ2n) is 4.83. The lowest BCUT2D eigenvalue weighted by Gasteiger charge is -2.23. The number of hydrogen-bond acceptors (Lipinski definition) is 2. The Hall–Kier alpha value is -0.860. The fourth-order valence-corrected chi connectivity index (χ4v) is 1.82. The summed E-state index contributed by atoms with van der Waals surface area (Å²) in [5, 5.41) is 10.9. The van der Waals surface area contributed by atoms with Crippen LogP contribution in [0.1, 0.15) is 53.4 Å². The van der Waals surface area contributed by atoms with Gasteiger partial charge in [0, 0.05) is 11.7 Å². The molecule has 0 aliphatic heterocycles. The molecule has 100 valence electrons. The van der Waals surface area contributed by atoms with Crippen LogP contribution in [0.15, 0.2) is 11.8 Å². The Morgan fingerprint density at radius 2 is 1.76 bits per heavy atom. The Balaban J connectivity index is 4.60. The first-order valence-electron chi connectivity index (χ1n) is 6.66. The molecule has 0 radical (unpaired) electrons. The van der Waals surface area contributed by atoms with E-state index in [0.29, 0.717) is 12.0 Å². The maximum atomic E-state index is 12.3. The van der Waals surface area contributed by atoms with Crippen LogP contribution in [0.3, 0.4) is 0 Å². The fraction of sp³-hybridized carbons (Fsp3) is 0.786. The molecule has 0 aromatic rings. The van der Waals surface area contributed by atoms with Crippen molar-refractivity contribution in [2.45, 2.75) is 59.4 Å². The highest BCUT2D eigenvalue weighted by atomic mass is 19.1. The third kappa shape index (κ3) is 7.14. The number of halogens is 1. The predicted octanol–water partition coefficient (Wildman–Crippen LogP) is 4.07. The average Bonchev–Trinajstić information content (AvgIpc) is 2.28. The molecule has 0 saturated carbocycles. The molecule has 0 aromatic heterocycles. The molecule has 17 heavy (non-hydrogen) atoms. The Kier molecular flexibility index (Phi) is 8.73. The van der Waals surface area contributed by atoms with E-state index in [0.717, 1.165) is 31.4 Å². The molecule has 0 heterocycles. The number of allylic oxidation sites excluding steroid dienone is 2. The van der Waals surface area contributed by atoms with Crippen LogP contribution in [0, 0.1) is 11.3 Å². The first kappa shape index (κ1) is 16.1. The highest BCUT2D eigenvalue weighted by molar-refractivity contribution is 5.93. The summed E-state index contributed by atoms with van der Waals surface area (Å²) in [5.74, 6) is 0.304. The summed E-state index contributed by atoms with van der Waals surface area (Å²) in [7, 11) is 0. The summed E-state index contributed by atoms with van der Waals surface area (Å²) in [6.07, 6.45) is 6.18. The van der Waals surface area contributed by atoms with Gasteiger partial charge in [-0.05, 0) is 24.8 Å². The molecule has 0 aliphatic carbocycles. The number of alkyl halides is 1. The highest BCUT2D eigenvalue weighted by Gasteiger charge is 2.11. The van der Waals surface area contributed by atoms with Crippen LogP contribution >= 0.6 is 0 Å². The van der Waals surface area contributed by atoms with Gasteiger partial charge in [0.1, 0.15) is 6.67 Å². The lowest BCUT2D eigenvalue weighted by molar-refractivity contribution is 0.459. The summed E-state index contributed by atoms with van der Waals surface area (Å²) in [4.78, 5) is 0. The van der Waals surface area contributed by atoms with E-state index in [4.69, 9.17) is 5.41 Å². The largest absolute Gasteiger partial charge is 0.385 e. The van der Waals surface area contributed by atoms with Gasteiger partial charge in [0.25, 0.3) is 0 Å². The van der Waals surface area contributed by atoms with Crippen molar-refractivity contribution in [2.75, 3.05) is 6.67 Å². The van der Waals surface area contributed by atoms with E-state index in [1.807, 2.05) is 0 Å². The topological polar surface area (TPSA) is 35.9 Å². The zero-order valence-electron chi connectivity index (χ0n) is 11.6. The van der Waals surface area contributed by atoms with Crippen LogP contribution in [-0.4, -0.2) is 18.4 Å². The van der Waals surface area contributed by atoms with E-state index in [1.165, 1.54) is 0 Å². The summed E-state index contributed by atoms with van der Waals surface area (Å²) >= 11 is 0. The third-order valence-corrected chi connectivity index (χ3v) is 2.74. The first-order chi connectivity index (χ1) is 8.04. The monoisotopic (exact) mass is 242 g/mol. The van der Waals surface area contributed by atoms with E-state index in [9.17, 15) is 4.39 Å². The van der Waals surface area contributed by atoms with Crippen molar-refractivity contribution in [3.05, 3.63) is 11.8 Å². The summed E-state index contributed by atoms with van der Waals surface area (Å²) in [5.41, 5.74) is 1.03. The Morgan fingerprint density at radius 1 is 1.24 bits per heavy atom. The minimum atomic E-state index is -0.690. The van der Waals surface area contributed by atoms with Gasteiger partial charge in [0.2, 0.25) is 0 Å². The van der Waals surface area contributed by atoms with E-state index in [2.05, 4.69) is 33.0 Å². The maximum Gasteiger partial charge on any atom is 0.131 e. The van der Waals surface area contributed by atoms with Crippen molar-refractivity contribution < 1.29 is 4.39 Å². The van der Waals surface area contributed by atoms with Gasteiger partial charge < -0.3 is 10.7 Å².